The average molecular weight is 334 g/mol. The van der Waals surface area contributed by atoms with E-state index in [1.807, 2.05) is 0 Å². The summed E-state index contributed by atoms with van der Waals surface area (Å²) >= 11 is 0. The third kappa shape index (κ3) is 6.30. The maximum absolute atomic E-state index is 11.9. The van der Waals surface area contributed by atoms with Crippen LogP contribution in [0.15, 0.2) is 36.4 Å². The highest BCUT2D eigenvalue weighted by molar-refractivity contribution is 5.98. The zero-order chi connectivity index (χ0) is 18.1. The molecule has 0 heterocycles. The van der Waals surface area contributed by atoms with Gasteiger partial charge in [0.15, 0.2) is 6.10 Å². The molecule has 1 atom stereocenters. The normalized spacial score (nSPS) is 11.6. The van der Waals surface area contributed by atoms with Crippen LogP contribution in [0.3, 0.4) is 0 Å². The summed E-state index contributed by atoms with van der Waals surface area (Å²) in [6, 6.07) is 5.90. The quantitative estimate of drug-likeness (QED) is 0.560. The third-order valence-corrected chi connectivity index (χ3v) is 2.74. The van der Waals surface area contributed by atoms with Crippen molar-refractivity contribution in [2.24, 2.45) is 5.73 Å². The molecule has 1 unspecified atom stereocenters. The van der Waals surface area contributed by atoms with Crippen molar-refractivity contribution in [2.75, 3.05) is 11.9 Å². The van der Waals surface area contributed by atoms with Crippen molar-refractivity contribution in [3.05, 3.63) is 42.0 Å². The van der Waals surface area contributed by atoms with E-state index in [4.69, 9.17) is 10.5 Å². The standard InChI is InChI=1S/C16H18N2O6/c1-3-23-13(19)8-9-14(20)24-10(2)16(22)18-12-6-4-11(5-7-12)15(17)21/h4-10H,3H2,1-2H3,(H2,17,21)(H,18,22)/b9-8+. The molecular weight excluding hydrogens is 316 g/mol. The van der Waals surface area contributed by atoms with Gasteiger partial charge in [0, 0.05) is 23.4 Å². The lowest BCUT2D eigenvalue weighted by Gasteiger charge is -2.12. The molecule has 1 aromatic rings. The molecule has 1 rings (SSSR count). The van der Waals surface area contributed by atoms with Gasteiger partial charge in [-0.3, -0.25) is 9.59 Å². The number of amides is 2. The summed E-state index contributed by atoms with van der Waals surface area (Å²) in [5.74, 6) is -2.68. The van der Waals surface area contributed by atoms with E-state index in [0.29, 0.717) is 11.3 Å². The second-order valence-electron chi connectivity index (χ2n) is 4.60. The SMILES string of the molecule is CCOC(=O)/C=C/C(=O)OC(C)C(=O)Nc1ccc(C(N)=O)cc1. The summed E-state index contributed by atoms with van der Waals surface area (Å²) < 4.78 is 9.46. The molecule has 0 aromatic heterocycles. The Morgan fingerprint density at radius 1 is 1.12 bits per heavy atom. The first-order valence-corrected chi connectivity index (χ1v) is 7.09. The Hall–Kier alpha value is -3.16. The fourth-order valence-corrected chi connectivity index (χ4v) is 1.56. The van der Waals surface area contributed by atoms with E-state index in [0.717, 1.165) is 12.2 Å². The van der Waals surface area contributed by atoms with E-state index in [1.54, 1.807) is 6.92 Å². The zero-order valence-corrected chi connectivity index (χ0v) is 13.3. The number of ether oxygens (including phenoxy) is 2. The predicted octanol–water partition coefficient (Wildman–Crippen LogP) is 0.775. The Bertz CT molecular complexity index is 651. The Balaban J connectivity index is 2.53. The zero-order valence-electron chi connectivity index (χ0n) is 13.3. The van der Waals surface area contributed by atoms with E-state index in [-0.39, 0.29) is 6.61 Å². The fourth-order valence-electron chi connectivity index (χ4n) is 1.56. The lowest BCUT2D eigenvalue weighted by molar-refractivity contribution is -0.148. The summed E-state index contributed by atoms with van der Waals surface area (Å²) in [7, 11) is 0. The highest BCUT2D eigenvalue weighted by atomic mass is 16.5. The molecule has 3 N–H and O–H groups in total. The van der Waals surface area contributed by atoms with Crippen LogP contribution >= 0.6 is 0 Å². The molecule has 8 heteroatoms. The lowest BCUT2D eigenvalue weighted by atomic mass is 10.2. The average Bonchev–Trinajstić information content (AvgIpc) is 2.53. The molecule has 128 valence electrons. The van der Waals surface area contributed by atoms with Crippen LogP contribution < -0.4 is 11.1 Å². The van der Waals surface area contributed by atoms with E-state index in [9.17, 15) is 19.2 Å². The van der Waals surface area contributed by atoms with E-state index < -0.39 is 29.9 Å². The number of hydrogen-bond donors (Lipinski definition) is 2. The molecule has 0 fully saturated rings. The van der Waals surface area contributed by atoms with Gasteiger partial charge in [0.2, 0.25) is 5.91 Å². The highest BCUT2D eigenvalue weighted by Gasteiger charge is 2.17. The molecule has 0 spiro atoms. The van der Waals surface area contributed by atoms with Crippen LogP contribution in [0.4, 0.5) is 5.69 Å². The minimum absolute atomic E-state index is 0.186. The summed E-state index contributed by atoms with van der Waals surface area (Å²) in [5.41, 5.74) is 5.83. The van der Waals surface area contributed by atoms with Crippen molar-refractivity contribution >= 4 is 29.4 Å². The molecule has 0 radical (unpaired) electrons. The Labute approximate surface area is 138 Å². The first kappa shape index (κ1) is 18.9. The summed E-state index contributed by atoms with van der Waals surface area (Å²) in [4.78, 5) is 45.4. The van der Waals surface area contributed by atoms with Crippen LogP contribution in [0.2, 0.25) is 0 Å². The molecule has 0 aliphatic heterocycles. The third-order valence-electron chi connectivity index (χ3n) is 2.74. The minimum atomic E-state index is -1.08. The number of benzene rings is 1. The van der Waals surface area contributed by atoms with Gasteiger partial charge in [-0.1, -0.05) is 0 Å². The molecule has 2 amide bonds. The van der Waals surface area contributed by atoms with E-state index in [2.05, 4.69) is 10.1 Å². The smallest absolute Gasteiger partial charge is 0.331 e. The maximum Gasteiger partial charge on any atom is 0.331 e. The number of carbonyl (C=O) groups excluding carboxylic acids is 4. The van der Waals surface area contributed by atoms with Gasteiger partial charge in [-0.2, -0.15) is 0 Å². The molecular formula is C16H18N2O6. The Morgan fingerprint density at radius 3 is 2.25 bits per heavy atom. The van der Waals surface area contributed by atoms with Crippen LogP contribution in [0.1, 0.15) is 24.2 Å². The molecule has 0 aliphatic carbocycles. The Kier molecular flexibility index (Phi) is 7.15. The van der Waals surface area contributed by atoms with Crippen molar-refractivity contribution in [3.63, 3.8) is 0 Å². The van der Waals surface area contributed by atoms with Crippen LogP contribution in [0.25, 0.3) is 0 Å². The highest BCUT2D eigenvalue weighted by Crippen LogP contribution is 2.10. The van der Waals surface area contributed by atoms with E-state index in [1.165, 1.54) is 31.2 Å². The van der Waals surface area contributed by atoms with Gasteiger partial charge in [-0.15, -0.1) is 0 Å². The number of esters is 2. The van der Waals surface area contributed by atoms with Crippen molar-refractivity contribution in [1.82, 2.24) is 0 Å². The topological polar surface area (TPSA) is 125 Å². The number of carbonyl (C=O) groups is 4. The second-order valence-corrected chi connectivity index (χ2v) is 4.60. The predicted molar refractivity (Wildman–Crippen MR) is 84.9 cm³/mol. The van der Waals surface area contributed by atoms with Crippen LogP contribution in [0.5, 0.6) is 0 Å². The van der Waals surface area contributed by atoms with Crippen molar-refractivity contribution in [2.45, 2.75) is 20.0 Å². The first-order chi connectivity index (χ1) is 11.3. The van der Waals surface area contributed by atoms with Crippen LogP contribution in [-0.4, -0.2) is 36.5 Å². The maximum atomic E-state index is 11.9. The molecule has 0 aliphatic rings. The number of rotatable bonds is 7. The molecule has 0 saturated heterocycles. The van der Waals surface area contributed by atoms with Gasteiger partial charge in [0.1, 0.15) is 0 Å². The number of anilines is 1. The van der Waals surface area contributed by atoms with Gasteiger partial charge in [0.25, 0.3) is 5.91 Å². The largest absolute Gasteiger partial charge is 0.463 e. The van der Waals surface area contributed by atoms with Gasteiger partial charge in [0.05, 0.1) is 6.61 Å². The summed E-state index contributed by atoms with van der Waals surface area (Å²) in [6.45, 7) is 3.20. The Morgan fingerprint density at radius 2 is 1.71 bits per heavy atom. The lowest BCUT2D eigenvalue weighted by Crippen LogP contribution is -2.29. The number of primary amides is 1. The molecule has 1 aromatic carbocycles. The summed E-state index contributed by atoms with van der Waals surface area (Å²) in [6.07, 6.45) is 0.711. The van der Waals surface area contributed by atoms with Crippen molar-refractivity contribution < 1.29 is 28.7 Å². The van der Waals surface area contributed by atoms with E-state index >= 15 is 0 Å². The minimum Gasteiger partial charge on any atom is -0.463 e. The molecule has 0 saturated carbocycles. The van der Waals surface area contributed by atoms with Crippen LogP contribution in [0, 0.1) is 0 Å². The molecule has 24 heavy (non-hydrogen) atoms. The number of hydrogen-bond acceptors (Lipinski definition) is 6. The number of nitrogens with one attached hydrogen (secondary N) is 1. The number of nitrogens with two attached hydrogens (primary N) is 1. The fraction of sp³-hybridized carbons (Fsp3) is 0.250. The second kappa shape index (κ2) is 9.09. The summed E-state index contributed by atoms with van der Waals surface area (Å²) in [5, 5.41) is 2.51. The van der Waals surface area contributed by atoms with Crippen molar-refractivity contribution in [3.8, 4) is 0 Å². The van der Waals surface area contributed by atoms with Gasteiger partial charge in [-0.25, -0.2) is 9.59 Å². The molecule has 8 nitrogen and oxygen atoms in total. The van der Waals surface area contributed by atoms with Gasteiger partial charge >= 0.3 is 11.9 Å². The van der Waals surface area contributed by atoms with Gasteiger partial charge < -0.3 is 20.5 Å². The van der Waals surface area contributed by atoms with Crippen molar-refractivity contribution in [1.29, 1.82) is 0 Å². The molecule has 0 bridgehead atoms. The first-order valence-electron chi connectivity index (χ1n) is 7.09. The van der Waals surface area contributed by atoms with Gasteiger partial charge in [-0.05, 0) is 38.1 Å². The monoisotopic (exact) mass is 334 g/mol. The van der Waals surface area contributed by atoms with Crippen LogP contribution in [-0.2, 0) is 23.9 Å².